The molecule has 1 aromatic carbocycles. The van der Waals surface area contributed by atoms with Crippen molar-refractivity contribution < 1.29 is 24.7 Å². The van der Waals surface area contributed by atoms with Crippen LogP contribution < -0.4 is 0 Å². The third-order valence-corrected chi connectivity index (χ3v) is 2.12. The number of carboxylic acid groups (broad SMARTS) is 2. The second-order valence-electron chi connectivity index (χ2n) is 3.39. The molecule has 0 radical (unpaired) electrons. The Morgan fingerprint density at radius 1 is 1.16 bits per heavy atom. The predicted octanol–water partition coefficient (Wildman–Crippen LogP) is 1.70. The van der Waals surface area contributed by atoms with Crippen LogP contribution in [0.2, 0.25) is 0 Å². The summed E-state index contributed by atoms with van der Waals surface area (Å²) in [5, 5.41) is 27.8. The molecule has 7 nitrogen and oxygen atoms in total. The summed E-state index contributed by atoms with van der Waals surface area (Å²) in [7, 11) is 0. The molecule has 0 aliphatic heterocycles. The molecule has 0 heterocycles. The molecule has 0 aliphatic carbocycles. The lowest BCUT2D eigenvalue weighted by molar-refractivity contribution is -0.384. The van der Waals surface area contributed by atoms with Gasteiger partial charge in [0.2, 0.25) is 0 Å². The Labute approximate surface area is 107 Å². The van der Waals surface area contributed by atoms with E-state index in [0.717, 1.165) is 18.2 Å². The second-order valence-corrected chi connectivity index (χ2v) is 3.39. The fourth-order valence-corrected chi connectivity index (χ4v) is 1.28. The summed E-state index contributed by atoms with van der Waals surface area (Å²) >= 11 is 0. The molecular formula is C12H9NO6. The molecule has 0 bridgehead atoms. The Bertz CT molecular complexity index is 570. The Kier molecular flexibility index (Phi) is 4.53. The van der Waals surface area contributed by atoms with Gasteiger partial charge in [0, 0.05) is 18.2 Å². The largest absolute Gasteiger partial charge is 0.478 e. The van der Waals surface area contributed by atoms with Gasteiger partial charge in [-0.15, -0.1) is 0 Å². The van der Waals surface area contributed by atoms with Crippen LogP contribution in [0.15, 0.2) is 42.5 Å². The zero-order valence-corrected chi connectivity index (χ0v) is 9.52. The molecule has 7 heteroatoms. The molecule has 2 N–H and O–H groups in total. The molecule has 0 saturated heterocycles. The lowest BCUT2D eigenvalue weighted by atomic mass is 10.1. The molecule has 0 aliphatic rings. The van der Waals surface area contributed by atoms with Gasteiger partial charge in [-0.2, -0.15) is 0 Å². The quantitative estimate of drug-likeness (QED) is 0.361. The van der Waals surface area contributed by atoms with Crippen LogP contribution in [0.1, 0.15) is 5.56 Å². The van der Waals surface area contributed by atoms with Gasteiger partial charge in [-0.1, -0.05) is 6.08 Å². The molecular weight excluding hydrogens is 254 g/mol. The number of benzene rings is 1. The van der Waals surface area contributed by atoms with E-state index in [1.54, 1.807) is 0 Å². The van der Waals surface area contributed by atoms with Crippen LogP contribution in [-0.4, -0.2) is 27.1 Å². The number of hydrogen-bond acceptors (Lipinski definition) is 4. The number of carboxylic acids is 2. The van der Waals surface area contributed by atoms with Crippen molar-refractivity contribution in [3.63, 3.8) is 0 Å². The molecule has 0 aromatic heterocycles. The highest BCUT2D eigenvalue weighted by Crippen LogP contribution is 2.19. The standard InChI is InChI=1S/C12H9NO6/c14-11(15)3-1-2-10(12(16)17)8-4-6-9(7-5-8)13(18)19/h1-7H,(H,14,15)(H,16,17). The summed E-state index contributed by atoms with van der Waals surface area (Å²) in [6.45, 7) is 0. The van der Waals surface area contributed by atoms with Gasteiger partial charge in [0.05, 0.1) is 10.5 Å². The highest BCUT2D eigenvalue weighted by atomic mass is 16.6. The van der Waals surface area contributed by atoms with E-state index in [0.29, 0.717) is 0 Å². The maximum atomic E-state index is 11.0. The average molecular weight is 263 g/mol. The van der Waals surface area contributed by atoms with Crippen molar-refractivity contribution >= 4 is 23.2 Å². The Balaban J connectivity index is 3.10. The number of nitrogens with zero attached hydrogens (tertiary/aromatic N) is 1. The summed E-state index contributed by atoms with van der Waals surface area (Å²) in [5.74, 6) is -2.46. The van der Waals surface area contributed by atoms with E-state index in [1.807, 2.05) is 0 Å². The van der Waals surface area contributed by atoms with Crippen molar-refractivity contribution in [3.8, 4) is 0 Å². The van der Waals surface area contributed by atoms with E-state index in [-0.39, 0.29) is 16.8 Å². The SMILES string of the molecule is O=C(O)C=CC=C(C(=O)O)c1ccc([N+](=O)[O-])cc1. The van der Waals surface area contributed by atoms with Crippen LogP contribution in [-0.2, 0) is 9.59 Å². The highest BCUT2D eigenvalue weighted by molar-refractivity contribution is 6.15. The summed E-state index contributed by atoms with van der Waals surface area (Å²) in [4.78, 5) is 31.1. The van der Waals surface area contributed by atoms with Gasteiger partial charge in [0.1, 0.15) is 0 Å². The maximum absolute atomic E-state index is 11.0. The smallest absolute Gasteiger partial charge is 0.336 e. The van der Waals surface area contributed by atoms with Crippen molar-refractivity contribution in [1.82, 2.24) is 0 Å². The monoisotopic (exact) mass is 263 g/mol. The van der Waals surface area contributed by atoms with Gasteiger partial charge in [-0.05, 0) is 23.8 Å². The molecule has 0 spiro atoms. The third kappa shape index (κ3) is 4.08. The highest BCUT2D eigenvalue weighted by Gasteiger charge is 2.11. The predicted molar refractivity (Wildman–Crippen MR) is 65.5 cm³/mol. The molecule has 0 unspecified atom stereocenters. The van der Waals surface area contributed by atoms with E-state index in [2.05, 4.69) is 0 Å². The van der Waals surface area contributed by atoms with Crippen LogP contribution in [0.3, 0.4) is 0 Å². The van der Waals surface area contributed by atoms with Gasteiger partial charge in [0.15, 0.2) is 0 Å². The second kappa shape index (κ2) is 6.10. The van der Waals surface area contributed by atoms with E-state index < -0.39 is 16.9 Å². The molecule has 0 atom stereocenters. The maximum Gasteiger partial charge on any atom is 0.336 e. The molecule has 98 valence electrons. The number of nitro benzene ring substituents is 1. The number of carbonyl (C=O) groups is 2. The Hall–Kier alpha value is -2.96. The number of non-ortho nitro benzene ring substituents is 1. The summed E-state index contributed by atoms with van der Waals surface area (Å²) in [6, 6.07) is 4.92. The van der Waals surface area contributed by atoms with Crippen LogP contribution in [0, 0.1) is 10.1 Å². The van der Waals surface area contributed by atoms with Gasteiger partial charge in [-0.3, -0.25) is 10.1 Å². The number of allylic oxidation sites excluding steroid dienone is 2. The summed E-state index contributed by atoms with van der Waals surface area (Å²) in [6.07, 6.45) is 2.97. The number of rotatable bonds is 5. The van der Waals surface area contributed by atoms with Gasteiger partial charge in [-0.25, -0.2) is 9.59 Å². The Morgan fingerprint density at radius 3 is 2.16 bits per heavy atom. The fraction of sp³-hybridized carbons (Fsp3) is 0. The minimum atomic E-state index is -1.26. The fourth-order valence-electron chi connectivity index (χ4n) is 1.28. The minimum Gasteiger partial charge on any atom is -0.478 e. The van der Waals surface area contributed by atoms with Crippen molar-refractivity contribution in [3.05, 3.63) is 58.2 Å². The van der Waals surface area contributed by atoms with Crippen molar-refractivity contribution in [2.45, 2.75) is 0 Å². The molecule has 19 heavy (non-hydrogen) atoms. The first-order chi connectivity index (χ1) is 8.91. The first kappa shape index (κ1) is 14.1. The molecule has 1 aromatic rings. The molecule has 0 fully saturated rings. The molecule has 1 rings (SSSR count). The topological polar surface area (TPSA) is 118 Å². The summed E-state index contributed by atoms with van der Waals surface area (Å²) < 4.78 is 0. The lowest BCUT2D eigenvalue weighted by Gasteiger charge is -2.01. The minimum absolute atomic E-state index is 0.158. The molecule has 0 amide bonds. The number of nitro groups is 1. The van der Waals surface area contributed by atoms with Gasteiger partial charge in [0.25, 0.3) is 5.69 Å². The zero-order valence-electron chi connectivity index (χ0n) is 9.52. The third-order valence-electron chi connectivity index (χ3n) is 2.12. The normalized spacial score (nSPS) is 11.5. The van der Waals surface area contributed by atoms with Crippen LogP contribution in [0.25, 0.3) is 5.57 Å². The first-order valence-corrected chi connectivity index (χ1v) is 5.01. The van der Waals surface area contributed by atoms with E-state index in [9.17, 15) is 19.7 Å². The van der Waals surface area contributed by atoms with Crippen LogP contribution >= 0.6 is 0 Å². The lowest BCUT2D eigenvalue weighted by Crippen LogP contribution is -1.99. The van der Waals surface area contributed by atoms with E-state index in [4.69, 9.17) is 10.2 Å². The van der Waals surface area contributed by atoms with Crippen LogP contribution in [0.4, 0.5) is 5.69 Å². The Morgan fingerprint density at radius 2 is 1.74 bits per heavy atom. The van der Waals surface area contributed by atoms with Gasteiger partial charge >= 0.3 is 11.9 Å². The summed E-state index contributed by atoms with van der Waals surface area (Å²) in [5.41, 5.74) is -0.0740. The van der Waals surface area contributed by atoms with Crippen molar-refractivity contribution in [2.24, 2.45) is 0 Å². The van der Waals surface area contributed by atoms with Crippen molar-refractivity contribution in [2.75, 3.05) is 0 Å². The van der Waals surface area contributed by atoms with E-state index >= 15 is 0 Å². The zero-order chi connectivity index (χ0) is 14.4. The number of hydrogen-bond donors (Lipinski definition) is 2. The van der Waals surface area contributed by atoms with E-state index in [1.165, 1.54) is 24.3 Å². The first-order valence-electron chi connectivity index (χ1n) is 5.01. The number of aliphatic carboxylic acids is 2. The van der Waals surface area contributed by atoms with Crippen molar-refractivity contribution in [1.29, 1.82) is 0 Å². The van der Waals surface area contributed by atoms with Gasteiger partial charge < -0.3 is 10.2 Å². The average Bonchev–Trinajstić information content (AvgIpc) is 2.34. The van der Waals surface area contributed by atoms with Crippen LogP contribution in [0.5, 0.6) is 0 Å². The molecule has 0 saturated carbocycles.